The van der Waals surface area contributed by atoms with Crippen LogP contribution in [-0.4, -0.2) is 29.1 Å². The molecular weight excluding hydrogens is 685 g/mol. The number of aromatic nitrogens is 6. The molecule has 0 amide bonds. The first-order chi connectivity index (χ1) is 27.8. The minimum atomic E-state index is 0.595. The van der Waals surface area contributed by atoms with Gasteiger partial charge in [-0.1, -0.05) is 127 Å². The van der Waals surface area contributed by atoms with E-state index in [0.29, 0.717) is 17.5 Å². The molecule has 7 aromatic carbocycles. The predicted molar refractivity (Wildman–Crippen MR) is 228 cm³/mol. The molecule has 6 nitrogen and oxygen atoms in total. The molecule has 0 saturated heterocycles. The SMILES string of the molecule is c1ccc(-c2nc(-c3ccccc3)nc(-c3cc(-n4c5ccccc5c5ccc(-n6c7ccccc7c7ccccc76)cc54)ccc3-c3ccncc3)n2)cc1. The van der Waals surface area contributed by atoms with Crippen molar-refractivity contribution in [2.24, 2.45) is 0 Å². The highest BCUT2D eigenvalue weighted by Crippen LogP contribution is 2.39. The van der Waals surface area contributed by atoms with E-state index in [1.807, 2.05) is 85.2 Å². The summed E-state index contributed by atoms with van der Waals surface area (Å²) in [6.45, 7) is 0. The lowest BCUT2D eigenvalue weighted by Crippen LogP contribution is -2.02. The number of hydrogen-bond acceptors (Lipinski definition) is 4. The second kappa shape index (κ2) is 13.0. The van der Waals surface area contributed by atoms with Gasteiger partial charge < -0.3 is 9.13 Å². The lowest BCUT2D eigenvalue weighted by atomic mass is 9.99. The second-order valence-electron chi connectivity index (χ2n) is 13.9. The van der Waals surface area contributed by atoms with Gasteiger partial charge in [0, 0.05) is 62.0 Å². The van der Waals surface area contributed by atoms with Crippen LogP contribution in [0, 0.1) is 0 Å². The van der Waals surface area contributed by atoms with Gasteiger partial charge in [0.15, 0.2) is 17.5 Å². The molecule has 56 heavy (non-hydrogen) atoms. The Hall–Kier alpha value is -7.70. The third-order valence-corrected chi connectivity index (χ3v) is 10.7. The third-order valence-electron chi connectivity index (χ3n) is 10.7. The van der Waals surface area contributed by atoms with Gasteiger partial charge in [-0.2, -0.15) is 0 Å². The molecule has 0 radical (unpaired) electrons. The Bertz CT molecular complexity index is 3130. The number of fused-ring (bicyclic) bond motifs is 6. The topological polar surface area (TPSA) is 61.4 Å². The number of para-hydroxylation sites is 3. The monoisotopic (exact) mass is 716 g/mol. The van der Waals surface area contributed by atoms with Crippen LogP contribution in [0.5, 0.6) is 0 Å². The van der Waals surface area contributed by atoms with Gasteiger partial charge in [0.25, 0.3) is 0 Å². The molecule has 4 heterocycles. The van der Waals surface area contributed by atoms with Gasteiger partial charge in [-0.3, -0.25) is 4.98 Å². The summed E-state index contributed by atoms with van der Waals surface area (Å²) in [4.78, 5) is 19.7. The molecule has 0 aliphatic carbocycles. The van der Waals surface area contributed by atoms with Crippen molar-refractivity contribution in [1.29, 1.82) is 0 Å². The van der Waals surface area contributed by atoms with E-state index in [2.05, 4.69) is 123 Å². The Kier molecular flexibility index (Phi) is 7.38. The number of nitrogens with zero attached hydrogens (tertiary/aromatic N) is 6. The van der Waals surface area contributed by atoms with Gasteiger partial charge in [-0.15, -0.1) is 0 Å². The van der Waals surface area contributed by atoms with Gasteiger partial charge in [-0.05, 0) is 65.7 Å². The molecule has 11 aromatic rings. The van der Waals surface area contributed by atoms with E-state index >= 15 is 0 Å². The quantitative estimate of drug-likeness (QED) is 0.172. The highest BCUT2D eigenvalue weighted by atomic mass is 15.0. The number of rotatable bonds is 6. The van der Waals surface area contributed by atoms with Crippen LogP contribution in [0.2, 0.25) is 0 Å². The van der Waals surface area contributed by atoms with E-state index in [4.69, 9.17) is 15.0 Å². The van der Waals surface area contributed by atoms with Gasteiger partial charge in [0.05, 0.1) is 22.1 Å². The zero-order chi connectivity index (χ0) is 37.0. The molecule has 0 bridgehead atoms. The zero-order valence-corrected chi connectivity index (χ0v) is 30.2. The lowest BCUT2D eigenvalue weighted by Gasteiger charge is -2.16. The molecule has 0 atom stereocenters. The van der Waals surface area contributed by atoms with Crippen molar-refractivity contribution in [2.45, 2.75) is 0 Å². The van der Waals surface area contributed by atoms with E-state index in [1.165, 1.54) is 32.6 Å². The number of pyridine rings is 1. The van der Waals surface area contributed by atoms with Crippen molar-refractivity contribution >= 4 is 43.6 Å². The summed E-state index contributed by atoms with van der Waals surface area (Å²) in [6, 6.07) is 63.7. The summed E-state index contributed by atoms with van der Waals surface area (Å²) in [6.07, 6.45) is 3.66. The van der Waals surface area contributed by atoms with Crippen molar-refractivity contribution in [3.8, 4) is 56.7 Å². The van der Waals surface area contributed by atoms with Crippen LogP contribution in [0.3, 0.4) is 0 Å². The molecule has 0 spiro atoms. The largest absolute Gasteiger partial charge is 0.309 e. The first-order valence-electron chi connectivity index (χ1n) is 18.7. The fraction of sp³-hybridized carbons (Fsp3) is 0. The summed E-state index contributed by atoms with van der Waals surface area (Å²) < 4.78 is 4.75. The first kappa shape index (κ1) is 31.8. The minimum absolute atomic E-state index is 0.595. The van der Waals surface area contributed by atoms with Crippen LogP contribution in [0.1, 0.15) is 0 Å². The molecule has 0 saturated carbocycles. The van der Waals surface area contributed by atoms with Crippen LogP contribution < -0.4 is 0 Å². The van der Waals surface area contributed by atoms with Gasteiger partial charge in [0.2, 0.25) is 0 Å². The van der Waals surface area contributed by atoms with Crippen molar-refractivity contribution in [1.82, 2.24) is 29.1 Å². The first-order valence-corrected chi connectivity index (χ1v) is 18.7. The number of hydrogen-bond donors (Lipinski definition) is 0. The molecule has 6 heteroatoms. The van der Waals surface area contributed by atoms with Crippen LogP contribution in [0.25, 0.3) is 100 Å². The lowest BCUT2D eigenvalue weighted by molar-refractivity contribution is 1.07. The highest BCUT2D eigenvalue weighted by molar-refractivity contribution is 6.12. The number of benzene rings is 7. The molecular formula is C50H32N6. The van der Waals surface area contributed by atoms with E-state index in [1.54, 1.807) is 0 Å². The Balaban J connectivity index is 1.18. The summed E-state index contributed by atoms with van der Waals surface area (Å²) in [5.74, 6) is 1.83. The molecule has 262 valence electrons. The maximum absolute atomic E-state index is 5.19. The Morgan fingerprint density at radius 2 is 0.750 bits per heavy atom. The van der Waals surface area contributed by atoms with Gasteiger partial charge in [-0.25, -0.2) is 15.0 Å². The molecule has 0 aliphatic rings. The second-order valence-corrected chi connectivity index (χ2v) is 13.9. The summed E-state index contributed by atoms with van der Waals surface area (Å²) in [5.41, 5.74) is 11.5. The maximum Gasteiger partial charge on any atom is 0.164 e. The summed E-state index contributed by atoms with van der Waals surface area (Å²) >= 11 is 0. The van der Waals surface area contributed by atoms with Crippen molar-refractivity contribution in [3.05, 3.63) is 194 Å². The summed E-state index contributed by atoms with van der Waals surface area (Å²) in [5, 5.41) is 4.85. The van der Waals surface area contributed by atoms with Gasteiger partial charge in [0.1, 0.15) is 0 Å². The fourth-order valence-corrected chi connectivity index (χ4v) is 8.15. The van der Waals surface area contributed by atoms with Crippen LogP contribution in [-0.2, 0) is 0 Å². The molecule has 4 aromatic heterocycles. The van der Waals surface area contributed by atoms with Crippen molar-refractivity contribution in [2.75, 3.05) is 0 Å². The standard InChI is InChI=1S/C50H32N6/c1-3-13-34(14-4-1)48-52-49(35-15-5-2-6-16-35)54-50(53-48)43-31-36(23-25-38(43)33-27-29-51-30-28-33)56-46-22-12-9-19-41(46)42-26-24-37(32-47(42)56)55-44-20-10-7-17-39(44)40-18-8-11-21-45(40)55/h1-32H. The fourth-order valence-electron chi connectivity index (χ4n) is 8.15. The minimum Gasteiger partial charge on any atom is -0.309 e. The normalized spacial score (nSPS) is 11.6. The average molecular weight is 717 g/mol. The average Bonchev–Trinajstić information content (AvgIpc) is 3.79. The molecule has 11 rings (SSSR count). The van der Waals surface area contributed by atoms with Crippen LogP contribution in [0.15, 0.2) is 194 Å². The third kappa shape index (κ3) is 5.19. The van der Waals surface area contributed by atoms with E-state index in [9.17, 15) is 0 Å². The van der Waals surface area contributed by atoms with Crippen LogP contribution >= 0.6 is 0 Å². The maximum atomic E-state index is 5.19. The smallest absolute Gasteiger partial charge is 0.164 e. The van der Waals surface area contributed by atoms with Crippen molar-refractivity contribution in [3.63, 3.8) is 0 Å². The van der Waals surface area contributed by atoms with E-state index in [-0.39, 0.29) is 0 Å². The predicted octanol–water partition coefficient (Wildman–Crippen LogP) is 12.1. The van der Waals surface area contributed by atoms with Crippen LogP contribution in [0.4, 0.5) is 0 Å². The Morgan fingerprint density at radius 3 is 1.32 bits per heavy atom. The van der Waals surface area contributed by atoms with Crippen molar-refractivity contribution < 1.29 is 0 Å². The zero-order valence-electron chi connectivity index (χ0n) is 30.2. The molecule has 0 aliphatic heterocycles. The molecule has 0 fully saturated rings. The molecule has 0 unspecified atom stereocenters. The Labute approximate surface area is 322 Å². The highest BCUT2D eigenvalue weighted by Gasteiger charge is 2.20. The van der Waals surface area contributed by atoms with E-state index in [0.717, 1.165) is 50.2 Å². The molecule has 0 N–H and O–H groups in total. The summed E-state index contributed by atoms with van der Waals surface area (Å²) in [7, 11) is 0. The Morgan fingerprint density at radius 1 is 0.304 bits per heavy atom. The van der Waals surface area contributed by atoms with E-state index < -0.39 is 0 Å². The van der Waals surface area contributed by atoms with Gasteiger partial charge >= 0.3 is 0 Å².